The number of nitrogens with one attached hydrogen (secondary N) is 1. The maximum absolute atomic E-state index is 13.0. The smallest absolute Gasteiger partial charge is 0.236 e. The van der Waals surface area contributed by atoms with Crippen LogP contribution >= 0.6 is 11.3 Å². The van der Waals surface area contributed by atoms with Gasteiger partial charge >= 0.3 is 0 Å². The van der Waals surface area contributed by atoms with Crippen LogP contribution < -0.4 is 5.32 Å². The maximum atomic E-state index is 13.0. The minimum atomic E-state index is 0.185. The Balaban J connectivity index is 1.39. The Morgan fingerprint density at radius 2 is 1.93 bits per heavy atom. The predicted molar refractivity (Wildman–Crippen MR) is 120 cm³/mol. The molecule has 5 heteroatoms. The zero-order valence-corrected chi connectivity index (χ0v) is 18.0. The molecule has 1 aliphatic rings. The highest BCUT2D eigenvalue weighted by molar-refractivity contribution is 7.18. The van der Waals surface area contributed by atoms with E-state index < -0.39 is 0 Å². The second-order valence-electron chi connectivity index (χ2n) is 8.21. The van der Waals surface area contributed by atoms with E-state index in [0.29, 0.717) is 18.4 Å². The summed E-state index contributed by atoms with van der Waals surface area (Å²) in [5.41, 5.74) is 2.31. The number of nitrogens with zero attached hydrogens (tertiary/aromatic N) is 2. The van der Waals surface area contributed by atoms with Crippen LogP contribution in [-0.4, -0.2) is 35.4 Å². The normalized spacial score (nSPS) is 18.3. The lowest BCUT2D eigenvalue weighted by atomic mass is 9.96. The second kappa shape index (κ2) is 9.06. The van der Waals surface area contributed by atoms with Gasteiger partial charge in [-0.2, -0.15) is 0 Å². The van der Waals surface area contributed by atoms with Gasteiger partial charge in [-0.1, -0.05) is 56.3 Å². The topological polar surface area (TPSA) is 45.2 Å². The largest absolute Gasteiger partial charge is 0.341 e. The highest BCUT2D eigenvalue weighted by Crippen LogP contribution is 2.33. The molecule has 152 valence electrons. The molecule has 0 saturated carbocycles. The lowest BCUT2D eigenvalue weighted by Gasteiger charge is -2.33. The quantitative estimate of drug-likeness (QED) is 0.626. The Morgan fingerprint density at radius 1 is 1.17 bits per heavy atom. The first-order valence-corrected chi connectivity index (χ1v) is 11.3. The molecule has 2 atom stereocenters. The number of carbonyl (C=O) groups is 1. The van der Waals surface area contributed by atoms with Crippen LogP contribution in [0.25, 0.3) is 10.2 Å². The Bertz CT molecular complexity index is 920. The zero-order chi connectivity index (χ0) is 20.2. The number of fused-ring (bicyclic) bond motifs is 1. The summed E-state index contributed by atoms with van der Waals surface area (Å²) in [6, 6.07) is 18.9. The molecule has 0 spiro atoms. The number of rotatable bonds is 6. The number of benzene rings is 2. The molecular weight excluding hydrogens is 378 g/mol. The van der Waals surface area contributed by atoms with E-state index in [1.54, 1.807) is 11.3 Å². The molecule has 1 N–H and O–H groups in total. The number of carbonyl (C=O) groups excluding carboxylic acids is 1. The van der Waals surface area contributed by atoms with E-state index >= 15 is 0 Å². The van der Waals surface area contributed by atoms with Crippen molar-refractivity contribution in [2.24, 2.45) is 5.92 Å². The van der Waals surface area contributed by atoms with Crippen molar-refractivity contribution in [1.29, 1.82) is 0 Å². The molecule has 1 saturated heterocycles. The molecule has 4 rings (SSSR count). The first-order valence-electron chi connectivity index (χ1n) is 10.5. The number of hydrogen-bond acceptors (Lipinski definition) is 4. The summed E-state index contributed by atoms with van der Waals surface area (Å²) in [4.78, 5) is 19.8. The first kappa shape index (κ1) is 20.0. The van der Waals surface area contributed by atoms with Crippen molar-refractivity contribution in [2.75, 3.05) is 19.6 Å². The van der Waals surface area contributed by atoms with Crippen LogP contribution in [0.4, 0.5) is 0 Å². The summed E-state index contributed by atoms with van der Waals surface area (Å²) in [5.74, 6) is 0.958. The summed E-state index contributed by atoms with van der Waals surface area (Å²) in [6.45, 7) is 6.39. The van der Waals surface area contributed by atoms with E-state index in [1.165, 1.54) is 15.3 Å². The summed E-state index contributed by atoms with van der Waals surface area (Å²) in [5, 5.41) is 4.67. The van der Waals surface area contributed by atoms with Crippen molar-refractivity contribution >= 4 is 27.5 Å². The highest BCUT2D eigenvalue weighted by Gasteiger charge is 2.27. The molecular formula is C24H29N3OS. The number of thiazole rings is 1. The molecule has 1 aromatic heterocycles. The van der Waals surface area contributed by atoms with Gasteiger partial charge in [-0.25, -0.2) is 4.98 Å². The molecule has 0 aliphatic carbocycles. The summed E-state index contributed by atoms with van der Waals surface area (Å²) in [6.07, 6.45) is 2.15. The highest BCUT2D eigenvalue weighted by atomic mass is 32.1. The minimum Gasteiger partial charge on any atom is -0.341 e. The van der Waals surface area contributed by atoms with E-state index in [9.17, 15) is 4.79 Å². The fourth-order valence-electron chi connectivity index (χ4n) is 4.18. The molecule has 1 aliphatic heterocycles. The molecule has 2 heterocycles. The van der Waals surface area contributed by atoms with Gasteiger partial charge in [0.15, 0.2) is 0 Å². The molecule has 0 radical (unpaired) electrons. The van der Waals surface area contributed by atoms with Gasteiger partial charge in [0, 0.05) is 25.0 Å². The van der Waals surface area contributed by atoms with Crippen LogP contribution in [0.5, 0.6) is 0 Å². The third kappa shape index (κ3) is 4.68. The lowest BCUT2D eigenvalue weighted by Crippen LogP contribution is -2.44. The molecule has 2 aromatic carbocycles. The van der Waals surface area contributed by atoms with E-state index in [1.807, 2.05) is 17.0 Å². The molecule has 29 heavy (non-hydrogen) atoms. The number of amides is 1. The minimum absolute atomic E-state index is 0.185. The summed E-state index contributed by atoms with van der Waals surface area (Å²) in [7, 11) is 0. The SMILES string of the molecule is CC(C)[C@@H](NCC(=O)N1CCC[C@H](c2nc3ccccc3s2)C1)c1ccccc1. The Hall–Kier alpha value is -2.24. The predicted octanol–water partition coefficient (Wildman–Crippen LogP) is 4.99. The van der Waals surface area contributed by atoms with E-state index in [2.05, 4.69) is 61.6 Å². The average Bonchev–Trinajstić information content (AvgIpc) is 3.19. The number of piperidine rings is 1. The van der Waals surface area contributed by atoms with Gasteiger partial charge in [-0.15, -0.1) is 11.3 Å². The van der Waals surface area contributed by atoms with Gasteiger partial charge < -0.3 is 10.2 Å². The van der Waals surface area contributed by atoms with E-state index in [-0.39, 0.29) is 11.9 Å². The molecule has 4 nitrogen and oxygen atoms in total. The van der Waals surface area contributed by atoms with Gasteiger partial charge in [0.2, 0.25) is 5.91 Å². The van der Waals surface area contributed by atoms with Crippen molar-refractivity contribution in [1.82, 2.24) is 15.2 Å². The third-order valence-corrected chi connectivity index (χ3v) is 6.93. The van der Waals surface area contributed by atoms with Crippen molar-refractivity contribution in [2.45, 2.75) is 38.6 Å². The monoisotopic (exact) mass is 407 g/mol. The summed E-state index contributed by atoms with van der Waals surface area (Å²) < 4.78 is 1.23. The first-order chi connectivity index (χ1) is 14.1. The number of hydrogen-bond donors (Lipinski definition) is 1. The maximum Gasteiger partial charge on any atom is 0.236 e. The zero-order valence-electron chi connectivity index (χ0n) is 17.2. The lowest BCUT2D eigenvalue weighted by molar-refractivity contribution is -0.131. The molecule has 0 unspecified atom stereocenters. The average molecular weight is 408 g/mol. The number of aromatic nitrogens is 1. The Morgan fingerprint density at radius 3 is 2.69 bits per heavy atom. The third-order valence-electron chi connectivity index (χ3n) is 5.73. The van der Waals surface area contributed by atoms with Crippen molar-refractivity contribution in [3.05, 3.63) is 65.2 Å². The molecule has 0 bridgehead atoms. The van der Waals surface area contributed by atoms with Crippen LogP contribution in [-0.2, 0) is 4.79 Å². The van der Waals surface area contributed by atoms with Crippen LogP contribution in [0.3, 0.4) is 0 Å². The fourth-order valence-corrected chi connectivity index (χ4v) is 5.27. The standard InChI is InChI=1S/C24H29N3OS/c1-17(2)23(18-9-4-3-5-10-18)25-15-22(28)27-14-8-11-19(16-27)24-26-20-12-6-7-13-21(20)29-24/h3-7,9-10,12-13,17,19,23,25H,8,11,14-16H2,1-2H3/t19-,23+/m0/s1. The van der Waals surface area contributed by atoms with Crippen molar-refractivity contribution in [3.63, 3.8) is 0 Å². The van der Waals surface area contributed by atoms with Crippen LogP contribution in [0.15, 0.2) is 54.6 Å². The second-order valence-corrected chi connectivity index (χ2v) is 9.27. The van der Waals surface area contributed by atoms with E-state index in [0.717, 1.165) is 31.4 Å². The van der Waals surface area contributed by atoms with Gasteiger partial charge in [0.05, 0.1) is 21.8 Å². The molecule has 1 fully saturated rings. The van der Waals surface area contributed by atoms with Crippen molar-refractivity contribution in [3.8, 4) is 0 Å². The molecule has 1 amide bonds. The summed E-state index contributed by atoms with van der Waals surface area (Å²) >= 11 is 1.77. The van der Waals surface area contributed by atoms with E-state index in [4.69, 9.17) is 4.98 Å². The molecule has 3 aromatic rings. The number of likely N-dealkylation sites (tertiary alicyclic amines) is 1. The Labute approximate surface area is 177 Å². The van der Waals surface area contributed by atoms with Gasteiger partial charge in [0.1, 0.15) is 0 Å². The van der Waals surface area contributed by atoms with Crippen LogP contribution in [0, 0.1) is 5.92 Å². The van der Waals surface area contributed by atoms with Gasteiger partial charge in [0.25, 0.3) is 0 Å². The van der Waals surface area contributed by atoms with Gasteiger partial charge in [-0.3, -0.25) is 4.79 Å². The Kier molecular flexibility index (Phi) is 6.26. The van der Waals surface area contributed by atoms with Gasteiger partial charge in [-0.05, 0) is 36.5 Å². The number of para-hydroxylation sites is 1. The van der Waals surface area contributed by atoms with Crippen LogP contribution in [0.2, 0.25) is 0 Å². The van der Waals surface area contributed by atoms with Crippen molar-refractivity contribution < 1.29 is 4.79 Å². The fraction of sp³-hybridized carbons (Fsp3) is 0.417. The van der Waals surface area contributed by atoms with Crippen LogP contribution in [0.1, 0.15) is 49.2 Å².